The van der Waals surface area contributed by atoms with Crippen molar-refractivity contribution in [2.24, 2.45) is 0 Å². The quantitative estimate of drug-likeness (QED) is 0.503. The Morgan fingerprint density at radius 2 is 1.71 bits per heavy atom. The first-order valence-electron chi connectivity index (χ1n) is 6.53. The lowest BCUT2D eigenvalue weighted by Crippen LogP contribution is -2.37. The molecule has 0 saturated carbocycles. The third-order valence-electron chi connectivity index (χ3n) is 2.67. The van der Waals surface area contributed by atoms with Crippen LogP contribution in [0.25, 0.3) is 0 Å². The molecule has 0 fully saturated rings. The van der Waals surface area contributed by atoms with Crippen molar-refractivity contribution < 1.29 is 14.9 Å². The Kier molecular flexibility index (Phi) is 7.83. The van der Waals surface area contributed by atoms with Crippen molar-refractivity contribution in [2.75, 3.05) is 19.8 Å². The topological polar surface area (TPSA) is 49.7 Å². The van der Waals surface area contributed by atoms with Crippen molar-refractivity contribution in [3.05, 3.63) is 0 Å². The van der Waals surface area contributed by atoms with E-state index in [0.29, 0.717) is 6.61 Å². The first-order valence-corrected chi connectivity index (χ1v) is 13.7. The lowest BCUT2D eigenvalue weighted by atomic mass is 10.4. The molecule has 0 aliphatic rings. The molecular formula is C12H30O3Si2. The fourth-order valence-electron chi connectivity index (χ4n) is 2.45. The number of rotatable bonds is 9. The van der Waals surface area contributed by atoms with E-state index in [2.05, 4.69) is 32.7 Å². The highest BCUT2D eigenvalue weighted by Crippen LogP contribution is 2.24. The first-order chi connectivity index (χ1) is 7.66. The van der Waals surface area contributed by atoms with Gasteiger partial charge in [0.05, 0.1) is 13.2 Å². The van der Waals surface area contributed by atoms with Crippen LogP contribution in [0.1, 0.15) is 6.42 Å². The molecule has 2 N–H and O–H groups in total. The predicted octanol–water partition coefficient (Wildman–Crippen LogP) is 2.33. The number of ether oxygens (including phenoxy) is 1. The summed E-state index contributed by atoms with van der Waals surface area (Å²) in [6, 6.07) is 1.30. The average Bonchev–Trinajstić information content (AvgIpc) is 2.12. The molecule has 0 rings (SSSR count). The first kappa shape index (κ1) is 17.3. The molecule has 17 heavy (non-hydrogen) atoms. The molecule has 1 unspecified atom stereocenters. The summed E-state index contributed by atoms with van der Waals surface area (Å²) in [7, 11) is -1.99. The zero-order valence-corrected chi connectivity index (χ0v) is 14.1. The molecule has 0 aliphatic carbocycles. The van der Waals surface area contributed by atoms with Crippen molar-refractivity contribution in [3.63, 3.8) is 0 Å². The molecule has 0 saturated heterocycles. The van der Waals surface area contributed by atoms with Gasteiger partial charge >= 0.3 is 0 Å². The molecular weight excluding hydrogens is 248 g/mol. The van der Waals surface area contributed by atoms with Gasteiger partial charge in [0, 0.05) is 22.8 Å². The van der Waals surface area contributed by atoms with Gasteiger partial charge in [0.2, 0.25) is 0 Å². The zero-order valence-electron chi connectivity index (χ0n) is 12.1. The van der Waals surface area contributed by atoms with Gasteiger partial charge in [-0.3, -0.25) is 0 Å². The summed E-state index contributed by atoms with van der Waals surface area (Å²) in [6.07, 6.45) is 0.365. The van der Waals surface area contributed by atoms with Crippen molar-refractivity contribution in [3.8, 4) is 0 Å². The Labute approximate surface area is 108 Å². The van der Waals surface area contributed by atoms with Gasteiger partial charge in [-0.1, -0.05) is 44.4 Å². The lowest BCUT2D eigenvalue weighted by Gasteiger charge is -2.29. The number of aliphatic hydroxyl groups is 2. The maximum Gasteiger partial charge on any atom is 0.100 e. The molecule has 104 valence electrons. The summed E-state index contributed by atoms with van der Waals surface area (Å²) in [5, 5.41) is 17.7. The van der Waals surface area contributed by atoms with Crippen molar-refractivity contribution in [1.29, 1.82) is 0 Å². The molecule has 0 spiro atoms. The van der Waals surface area contributed by atoms with Gasteiger partial charge in [0.1, 0.15) is 6.10 Å². The second kappa shape index (κ2) is 7.68. The Bertz CT molecular complexity index is 202. The fourth-order valence-corrected chi connectivity index (χ4v) is 15.7. The van der Waals surface area contributed by atoms with E-state index in [-0.39, 0.29) is 13.2 Å². The molecule has 0 radical (unpaired) electrons. The van der Waals surface area contributed by atoms with Crippen LogP contribution in [-0.2, 0) is 4.74 Å². The summed E-state index contributed by atoms with van der Waals surface area (Å²) in [4.78, 5) is 0. The van der Waals surface area contributed by atoms with E-state index in [1.54, 1.807) is 0 Å². The summed E-state index contributed by atoms with van der Waals surface area (Å²) in [5.74, 6) is 0. The van der Waals surface area contributed by atoms with E-state index in [4.69, 9.17) is 14.9 Å². The molecule has 0 aromatic heterocycles. The maximum absolute atomic E-state index is 9.11. The third-order valence-corrected chi connectivity index (χ3v) is 12.5. The van der Waals surface area contributed by atoms with Gasteiger partial charge in [-0.05, 0) is 6.42 Å². The van der Waals surface area contributed by atoms with E-state index < -0.39 is 22.3 Å². The summed E-state index contributed by atoms with van der Waals surface area (Å²) in [6.45, 7) is 13.0. The van der Waals surface area contributed by atoms with E-state index in [1.807, 2.05) is 0 Å². The molecule has 0 aromatic rings. The Balaban J connectivity index is 3.66. The Hall–Kier alpha value is 0.314. The van der Waals surface area contributed by atoms with Crippen LogP contribution in [0.2, 0.25) is 44.4 Å². The summed E-state index contributed by atoms with van der Waals surface area (Å²) in [5.41, 5.74) is 1.47. The van der Waals surface area contributed by atoms with Crippen molar-refractivity contribution in [1.82, 2.24) is 0 Å². The molecule has 0 aliphatic heterocycles. The highest BCUT2D eigenvalue weighted by atomic mass is 28.4. The van der Waals surface area contributed by atoms with Crippen LogP contribution in [0.3, 0.4) is 0 Å². The second-order valence-corrected chi connectivity index (χ2v) is 18.3. The van der Waals surface area contributed by atoms with E-state index >= 15 is 0 Å². The zero-order chi connectivity index (χ0) is 13.5. The normalized spacial score (nSPS) is 15.0. The second-order valence-electron chi connectivity index (χ2n) is 6.92. The van der Waals surface area contributed by atoms with Gasteiger partial charge in [0.15, 0.2) is 0 Å². The fraction of sp³-hybridized carbons (Fsp3) is 1.00. The number of aliphatic hydroxyl groups excluding tert-OH is 2. The van der Waals surface area contributed by atoms with Gasteiger partial charge in [-0.2, -0.15) is 0 Å². The van der Waals surface area contributed by atoms with Gasteiger partial charge in [0.25, 0.3) is 0 Å². The molecule has 0 bridgehead atoms. The molecule has 1 atom stereocenters. The van der Waals surface area contributed by atoms with Gasteiger partial charge in [-0.25, -0.2) is 0 Å². The Morgan fingerprint density at radius 1 is 1.12 bits per heavy atom. The molecule has 0 heterocycles. The smallest absolute Gasteiger partial charge is 0.100 e. The van der Waals surface area contributed by atoms with Crippen LogP contribution in [-0.4, -0.2) is 52.3 Å². The van der Waals surface area contributed by atoms with E-state index in [9.17, 15) is 0 Å². The third kappa shape index (κ3) is 11.2. The van der Waals surface area contributed by atoms with E-state index in [1.165, 1.54) is 11.7 Å². The minimum absolute atomic E-state index is 0.212. The van der Waals surface area contributed by atoms with Crippen LogP contribution in [0.4, 0.5) is 0 Å². The highest BCUT2D eigenvalue weighted by molar-refractivity contribution is 6.94. The van der Waals surface area contributed by atoms with Gasteiger partial charge in [-0.15, -0.1) is 0 Å². The van der Waals surface area contributed by atoms with Crippen LogP contribution >= 0.6 is 0 Å². The van der Waals surface area contributed by atoms with Crippen LogP contribution in [0.15, 0.2) is 0 Å². The standard InChI is InChI=1S/C12H30O3Si2/c1-16(2,3)11-17(4,5)8-6-7-15-10-12(14)9-13/h12-14H,6-11H2,1-5H3. The minimum atomic E-state index is -1.05. The summed E-state index contributed by atoms with van der Waals surface area (Å²) >= 11 is 0. The maximum atomic E-state index is 9.11. The van der Waals surface area contributed by atoms with Gasteiger partial charge < -0.3 is 14.9 Å². The largest absolute Gasteiger partial charge is 0.394 e. The lowest BCUT2D eigenvalue weighted by molar-refractivity contribution is 0.00648. The van der Waals surface area contributed by atoms with Crippen LogP contribution in [0, 0.1) is 0 Å². The summed E-state index contributed by atoms with van der Waals surface area (Å²) < 4.78 is 5.34. The van der Waals surface area contributed by atoms with Crippen molar-refractivity contribution in [2.45, 2.75) is 57.0 Å². The monoisotopic (exact) mass is 278 g/mol. The van der Waals surface area contributed by atoms with Crippen molar-refractivity contribution >= 4 is 16.1 Å². The van der Waals surface area contributed by atoms with E-state index in [0.717, 1.165) is 6.42 Å². The SMILES string of the molecule is C[Si](C)(C)C[Si](C)(C)CCCOCC(O)CO. The Morgan fingerprint density at radius 3 is 2.18 bits per heavy atom. The predicted molar refractivity (Wildman–Crippen MR) is 79.0 cm³/mol. The van der Waals surface area contributed by atoms with Crippen LogP contribution < -0.4 is 0 Å². The molecule has 5 heteroatoms. The number of hydrogen-bond acceptors (Lipinski definition) is 3. The average molecular weight is 279 g/mol. The minimum Gasteiger partial charge on any atom is -0.394 e. The highest BCUT2D eigenvalue weighted by Gasteiger charge is 2.27. The number of hydrogen-bond donors (Lipinski definition) is 2. The molecule has 3 nitrogen and oxygen atoms in total. The molecule has 0 amide bonds. The van der Waals surface area contributed by atoms with Crippen LogP contribution in [0.5, 0.6) is 0 Å². The molecule has 0 aromatic carbocycles.